The van der Waals surface area contributed by atoms with Crippen LogP contribution in [-0.2, 0) is 22.5 Å². The van der Waals surface area contributed by atoms with Gasteiger partial charge in [0.25, 0.3) is 0 Å². The molecule has 0 unspecified atom stereocenters. The first-order valence-electron chi connectivity index (χ1n) is 15.7. The number of carbonyl (C=O) groups excluding carboxylic acids is 2. The second-order valence-corrected chi connectivity index (χ2v) is 14.3. The van der Waals surface area contributed by atoms with Gasteiger partial charge in [0.15, 0.2) is 12.6 Å². The molecule has 0 N–H and O–H groups in total. The average Bonchev–Trinajstić information content (AvgIpc) is 3.31. The number of methoxy groups -OCH3 is 2. The molecule has 1 aliphatic rings. The van der Waals surface area contributed by atoms with Gasteiger partial charge in [-0.05, 0) is 87.5 Å². The van der Waals surface area contributed by atoms with Crippen molar-refractivity contribution >= 4 is 64.3 Å². The molecule has 0 spiro atoms. The van der Waals surface area contributed by atoms with E-state index < -0.39 is 18.3 Å². The van der Waals surface area contributed by atoms with Gasteiger partial charge in [-0.2, -0.15) is 0 Å². The van der Waals surface area contributed by atoms with Crippen molar-refractivity contribution in [2.75, 3.05) is 14.2 Å². The molecule has 12 heteroatoms. The molecule has 0 radical (unpaired) electrons. The standard InChI is InChI=1S/C22H26BClO5.C16H14BrClO3/c1-14-15(13-27-20-11-19(26-6)16(12-25)10-18(20)24)8-7-9-17(14)23-28-21(2,3)22(4,5)29-23;1-10-11(4-3-5-13(10)17)9-21-16-7-15(20-2)12(8-19)6-14(16)18/h7-12H,13H2,1-6H3;3-8H,9H2,1-2H3. The normalized spacial score (nSPS) is 14.3. The number of rotatable bonds is 11. The van der Waals surface area contributed by atoms with Crippen molar-refractivity contribution in [1.82, 2.24) is 0 Å². The Balaban J connectivity index is 0.000000237. The van der Waals surface area contributed by atoms with E-state index in [2.05, 4.69) is 15.9 Å². The molecule has 4 aromatic carbocycles. The maximum absolute atomic E-state index is 11.1. The average molecular weight is 786 g/mol. The van der Waals surface area contributed by atoms with E-state index in [0.717, 1.165) is 32.2 Å². The predicted molar refractivity (Wildman–Crippen MR) is 201 cm³/mol. The van der Waals surface area contributed by atoms with Crippen molar-refractivity contribution in [2.24, 2.45) is 0 Å². The molecule has 5 rings (SSSR count). The summed E-state index contributed by atoms with van der Waals surface area (Å²) in [6.45, 7) is 12.9. The molecule has 0 bridgehead atoms. The molecular weight excluding hydrogens is 746 g/mol. The van der Waals surface area contributed by atoms with E-state index >= 15 is 0 Å². The third kappa shape index (κ3) is 8.84. The molecule has 1 heterocycles. The zero-order valence-corrected chi connectivity index (χ0v) is 32.4. The number of hydrogen-bond donors (Lipinski definition) is 0. The lowest BCUT2D eigenvalue weighted by Crippen LogP contribution is -2.41. The highest BCUT2D eigenvalue weighted by molar-refractivity contribution is 9.10. The van der Waals surface area contributed by atoms with E-state index in [1.165, 1.54) is 26.4 Å². The van der Waals surface area contributed by atoms with E-state index in [0.29, 0.717) is 70.0 Å². The van der Waals surface area contributed by atoms with Crippen molar-refractivity contribution < 1.29 is 37.8 Å². The minimum Gasteiger partial charge on any atom is -0.496 e. The molecule has 0 aliphatic carbocycles. The minimum absolute atomic E-state index is 0.308. The summed E-state index contributed by atoms with van der Waals surface area (Å²) in [5, 5.41) is 0.734. The number of aldehydes is 2. The van der Waals surface area contributed by atoms with Gasteiger partial charge in [-0.15, -0.1) is 0 Å². The molecule has 1 aliphatic heterocycles. The number of halogens is 3. The lowest BCUT2D eigenvalue weighted by molar-refractivity contribution is 0.00578. The highest BCUT2D eigenvalue weighted by Crippen LogP contribution is 2.37. The van der Waals surface area contributed by atoms with Gasteiger partial charge in [0.05, 0.1) is 46.6 Å². The molecule has 264 valence electrons. The third-order valence-electron chi connectivity index (χ3n) is 8.96. The minimum atomic E-state index is -0.435. The Morgan fingerprint density at radius 3 is 1.58 bits per heavy atom. The summed E-state index contributed by atoms with van der Waals surface area (Å²) in [4.78, 5) is 22.1. The molecule has 0 aromatic heterocycles. The van der Waals surface area contributed by atoms with Crippen LogP contribution >= 0.6 is 39.1 Å². The van der Waals surface area contributed by atoms with Gasteiger partial charge < -0.3 is 28.3 Å². The van der Waals surface area contributed by atoms with E-state index in [1.807, 2.05) is 77.9 Å². The second-order valence-electron chi connectivity index (χ2n) is 12.6. The molecule has 0 saturated carbocycles. The fraction of sp³-hybridized carbons (Fsp3) is 0.316. The molecule has 0 atom stereocenters. The second kappa shape index (κ2) is 16.7. The first kappa shape index (κ1) is 39.3. The number of benzene rings is 4. The van der Waals surface area contributed by atoms with Gasteiger partial charge in [0, 0.05) is 16.6 Å². The Hall–Kier alpha value is -3.54. The maximum Gasteiger partial charge on any atom is 0.495 e. The summed E-state index contributed by atoms with van der Waals surface area (Å²) in [6, 6.07) is 18.2. The maximum atomic E-state index is 11.1. The summed E-state index contributed by atoms with van der Waals surface area (Å²) < 4.78 is 35.5. The van der Waals surface area contributed by atoms with Crippen LogP contribution in [0.1, 0.15) is 70.7 Å². The summed E-state index contributed by atoms with van der Waals surface area (Å²) in [5.74, 6) is 1.80. The van der Waals surface area contributed by atoms with Gasteiger partial charge in [-0.3, -0.25) is 9.59 Å². The summed E-state index contributed by atoms with van der Waals surface area (Å²) >= 11 is 15.9. The molecule has 1 fully saturated rings. The van der Waals surface area contributed by atoms with Crippen LogP contribution in [-0.4, -0.2) is 45.1 Å². The monoisotopic (exact) mass is 784 g/mol. The summed E-state index contributed by atoms with van der Waals surface area (Å²) in [5.41, 5.74) is 5.15. The number of carbonyl (C=O) groups is 2. The number of hydrogen-bond acceptors (Lipinski definition) is 8. The van der Waals surface area contributed by atoms with Crippen molar-refractivity contribution in [3.63, 3.8) is 0 Å². The van der Waals surface area contributed by atoms with E-state index in [9.17, 15) is 9.59 Å². The van der Waals surface area contributed by atoms with Gasteiger partial charge in [0.1, 0.15) is 36.2 Å². The lowest BCUT2D eigenvalue weighted by atomic mass is 9.75. The van der Waals surface area contributed by atoms with Gasteiger partial charge in [0.2, 0.25) is 0 Å². The molecule has 0 amide bonds. The first-order chi connectivity index (χ1) is 23.7. The third-order valence-corrected chi connectivity index (χ3v) is 10.4. The summed E-state index contributed by atoms with van der Waals surface area (Å²) in [6.07, 6.45) is 1.40. The topological polar surface area (TPSA) is 89.5 Å². The van der Waals surface area contributed by atoms with Gasteiger partial charge in [-0.1, -0.05) is 69.5 Å². The molecule has 1 saturated heterocycles. The lowest BCUT2D eigenvalue weighted by Gasteiger charge is -2.32. The van der Waals surface area contributed by atoms with Crippen LogP contribution in [0.15, 0.2) is 65.1 Å². The Morgan fingerprint density at radius 2 is 1.14 bits per heavy atom. The van der Waals surface area contributed by atoms with Crippen LogP contribution < -0.4 is 24.4 Å². The molecule has 50 heavy (non-hydrogen) atoms. The molecular formula is C38H40BBrCl2O8. The van der Waals surface area contributed by atoms with Crippen LogP contribution in [0.4, 0.5) is 0 Å². The zero-order chi connectivity index (χ0) is 36.8. The van der Waals surface area contributed by atoms with Crippen molar-refractivity contribution in [3.05, 3.63) is 109 Å². The fourth-order valence-corrected chi connectivity index (χ4v) is 5.92. The van der Waals surface area contributed by atoms with Crippen molar-refractivity contribution in [1.29, 1.82) is 0 Å². The van der Waals surface area contributed by atoms with Crippen LogP contribution in [0.3, 0.4) is 0 Å². The molecule has 8 nitrogen and oxygen atoms in total. The van der Waals surface area contributed by atoms with Crippen LogP contribution in [0.5, 0.6) is 23.0 Å². The van der Waals surface area contributed by atoms with Gasteiger partial charge >= 0.3 is 7.12 Å². The predicted octanol–water partition coefficient (Wildman–Crippen LogP) is 9.16. The van der Waals surface area contributed by atoms with Crippen molar-refractivity contribution in [3.8, 4) is 23.0 Å². The van der Waals surface area contributed by atoms with E-state index in [4.69, 9.17) is 51.5 Å². The zero-order valence-electron chi connectivity index (χ0n) is 29.3. The first-order valence-corrected chi connectivity index (χ1v) is 17.3. The Morgan fingerprint density at radius 1 is 0.700 bits per heavy atom. The highest BCUT2D eigenvalue weighted by atomic mass is 79.9. The van der Waals surface area contributed by atoms with E-state index in [1.54, 1.807) is 12.1 Å². The highest BCUT2D eigenvalue weighted by Gasteiger charge is 2.52. The van der Waals surface area contributed by atoms with E-state index in [-0.39, 0.29) is 0 Å². The Kier molecular flexibility index (Phi) is 13.1. The Bertz CT molecular complexity index is 1850. The number of ether oxygens (including phenoxy) is 4. The van der Waals surface area contributed by atoms with Crippen molar-refractivity contribution in [2.45, 2.75) is 66.0 Å². The largest absolute Gasteiger partial charge is 0.496 e. The Labute approximate surface area is 312 Å². The summed E-state index contributed by atoms with van der Waals surface area (Å²) in [7, 11) is 2.56. The van der Waals surface area contributed by atoms with Crippen LogP contribution in [0, 0.1) is 13.8 Å². The fourth-order valence-electron chi connectivity index (χ4n) is 5.06. The van der Waals surface area contributed by atoms with Gasteiger partial charge in [-0.25, -0.2) is 0 Å². The molecule has 4 aromatic rings. The quantitative estimate of drug-likeness (QED) is 0.110. The SMILES string of the molecule is COc1cc(OCc2cccc(B3OC(C)(C)C(C)(C)O3)c2C)c(Cl)cc1C=O.COc1cc(OCc2cccc(Br)c2C)c(Cl)cc1C=O. The smallest absolute Gasteiger partial charge is 0.495 e. The van der Waals surface area contributed by atoms with Crippen LogP contribution in [0.25, 0.3) is 0 Å². The van der Waals surface area contributed by atoms with Crippen LogP contribution in [0.2, 0.25) is 10.0 Å².